The molecule has 2 aliphatic carbocycles. The fourth-order valence-electron chi connectivity index (χ4n) is 3.47. The second-order valence-corrected chi connectivity index (χ2v) is 6.77. The predicted octanol–water partition coefficient (Wildman–Crippen LogP) is 4.74. The van der Waals surface area contributed by atoms with Gasteiger partial charge in [-0.1, -0.05) is 6.07 Å². The summed E-state index contributed by atoms with van der Waals surface area (Å²) in [5.41, 5.74) is 0.0978. The highest BCUT2D eigenvalue weighted by molar-refractivity contribution is 5.74. The molecule has 0 saturated heterocycles. The van der Waals surface area contributed by atoms with E-state index in [2.05, 4.69) is 0 Å². The Morgan fingerprint density at radius 1 is 1.19 bits per heavy atom. The molecule has 0 aliphatic heterocycles. The Morgan fingerprint density at radius 2 is 1.88 bits per heavy atom. The van der Waals surface area contributed by atoms with Crippen LogP contribution >= 0.6 is 0 Å². The first-order chi connectivity index (χ1) is 12.2. The molecule has 0 amide bonds. The average molecular weight is 378 g/mol. The zero-order chi connectivity index (χ0) is 19.1. The summed E-state index contributed by atoms with van der Waals surface area (Å²) in [4.78, 5) is 12.2. The zero-order valence-corrected chi connectivity index (χ0v) is 14.1. The van der Waals surface area contributed by atoms with Crippen LogP contribution in [0, 0.1) is 23.5 Å². The molecule has 144 valence electrons. The fourth-order valence-corrected chi connectivity index (χ4v) is 3.47. The molecule has 2 aliphatic rings. The summed E-state index contributed by atoms with van der Waals surface area (Å²) < 4.78 is 77.9. The maximum absolute atomic E-state index is 14.3. The molecule has 0 heterocycles. The smallest absolute Gasteiger partial charge is 0.391 e. The van der Waals surface area contributed by atoms with Gasteiger partial charge in [-0.3, -0.25) is 4.79 Å². The van der Waals surface area contributed by atoms with Crippen LogP contribution in [0.1, 0.15) is 44.1 Å². The van der Waals surface area contributed by atoms with E-state index >= 15 is 0 Å². The largest absolute Gasteiger partial charge is 0.487 e. The molecule has 1 aromatic rings. The van der Waals surface area contributed by atoms with Crippen molar-refractivity contribution in [3.63, 3.8) is 0 Å². The molecule has 3 atom stereocenters. The topological polar surface area (TPSA) is 35.5 Å². The van der Waals surface area contributed by atoms with Gasteiger partial charge < -0.3 is 9.47 Å². The number of esters is 1. The summed E-state index contributed by atoms with van der Waals surface area (Å²) in [5.74, 6) is -7.22. The minimum atomic E-state index is -4.48. The second kappa shape index (κ2) is 7.04. The van der Waals surface area contributed by atoms with Crippen LogP contribution in [-0.2, 0) is 9.53 Å². The van der Waals surface area contributed by atoms with Crippen molar-refractivity contribution in [3.8, 4) is 5.75 Å². The molecule has 0 bridgehead atoms. The number of rotatable bonds is 5. The van der Waals surface area contributed by atoms with Crippen LogP contribution in [0.5, 0.6) is 5.75 Å². The quantitative estimate of drug-likeness (QED) is 0.548. The molecule has 3 unspecified atom stereocenters. The van der Waals surface area contributed by atoms with Crippen molar-refractivity contribution in [2.24, 2.45) is 11.8 Å². The highest BCUT2D eigenvalue weighted by atomic mass is 19.4. The second-order valence-electron chi connectivity index (χ2n) is 6.77. The number of carbonyl (C=O) groups is 1. The molecular formula is C18H19F5O3. The van der Waals surface area contributed by atoms with Crippen LogP contribution in [0.2, 0.25) is 0 Å². The summed E-state index contributed by atoms with van der Waals surface area (Å²) in [6.07, 6.45) is -4.23. The number of benzene rings is 1. The zero-order valence-electron chi connectivity index (χ0n) is 14.1. The summed E-state index contributed by atoms with van der Waals surface area (Å²) in [7, 11) is 0. The summed E-state index contributed by atoms with van der Waals surface area (Å²) in [6, 6.07) is 2.07. The van der Waals surface area contributed by atoms with Gasteiger partial charge >= 0.3 is 12.1 Å². The van der Waals surface area contributed by atoms with E-state index in [0.29, 0.717) is 12.8 Å². The van der Waals surface area contributed by atoms with E-state index < -0.39 is 48.0 Å². The SMILES string of the molecule is CCOC(=O)C1CC(C(F)(F)F)CC1c1ccc(F)c(F)c1OC1CC1. The third-order valence-electron chi connectivity index (χ3n) is 4.90. The third-order valence-corrected chi connectivity index (χ3v) is 4.90. The van der Waals surface area contributed by atoms with Gasteiger partial charge in [-0.05, 0) is 38.7 Å². The minimum Gasteiger partial charge on any atom is -0.487 e. The highest BCUT2D eigenvalue weighted by Crippen LogP contribution is 2.52. The Kier molecular flexibility index (Phi) is 5.12. The van der Waals surface area contributed by atoms with Crippen molar-refractivity contribution in [2.75, 3.05) is 6.61 Å². The van der Waals surface area contributed by atoms with E-state index in [1.54, 1.807) is 6.92 Å². The van der Waals surface area contributed by atoms with Crippen LogP contribution < -0.4 is 4.74 Å². The molecule has 2 saturated carbocycles. The van der Waals surface area contributed by atoms with Gasteiger partial charge in [0.15, 0.2) is 11.6 Å². The van der Waals surface area contributed by atoms with Crippen molar-refractivity contribution in [1.82, 2.24) is 0 Å². The number of alkyl halides is 3. The fraction of sp³-hybridized carbons (Fsp3) is 0.611. The Bertz CT molecular complexity index is 684. The standard InChI is InChI=1S/C18H19F5O3/c1-2-25-17(24)13-8-9(18(21,22)23)7-12(13)11-5-6-14(19)15(20)16(11)26-10-3-4-10/h5-6,9-10,12-13H,2-4,7-8H2,1H3. The minimum absolute atomic E-state index is 0.0297. The maximum atomic E-state index is 14.3. The number of hydrogen-bond acceptors (Lipinski definition) is 3. The van der Waals surface area contributed by atoms with Gasteiger partial charge in [0.2, 0.25) is 5.82 Å². The molecular weight excluding hydrogens is 359 g/mol. The summed E-state index contributed by atoms with van der Waals surface area (Å²) in [6.45, 7) is 1.59. The Labute approximate surface area is 147 Å². The van der Waals surface area contributed by atoms with Crippen LogP contribution in [0.4, 0.5) is 22.0 Å². The first kappa shape index (κ1) is 18.9. The van der Waals surface area contributed by atoms with Gasteiger partial charge in [0.05, 0.1) is 24.5 Å². The molecule has 3 rings (SSSR count). The van der Waals surface area contributed by atoms with Crippen LogP contribution in [0.3, 0.4) is 0 Å². The van der Waals surface area contributed by atoms with Gasteiger partial charge in [0, 0.05) is 11.5 Å². The molecule has 8 heteroatoms. The number of halogens is 5. The van der Waals surface area contributed by atoms with Crippen molar-refractivity contribution in [3.05, 3.63) is 29.3 Å². The summed E-state index contributed by atoms with van der Waals surface area (Å²) >= 11 is 0. The van der Waals surface area contributed by atoms with Crippen LogP contribution in [0.25, 0.3) is 0 Å². The van der Waals surface area contributed by atoms with Crippen molar-refractivity contribution in [2.45, 2.75) is 50.8 Å². The molecule has 0 spiro atoms. The van der Waals surface area contributed by atoms with Gasteiger partial charge in [0.25, 0.3) is 0 Å². The van der Waals surface area contributed by atoms with Crippen molar-refractivity contribution >= 4 is 5.97 Å². The van der Waals surface area contributed by atoms with E-state index in [9.17, 15) is 26.7 Å². The molecule has 2 fully saturated rings. The molecule has 0 N–H and O–H groups in total. The summed E-state index contributed by atoms with van der Waals surface area (Å²) in [5, 5.41) is 0. The monoisotopic (exact) mass is 378 g/mol. The van der Waals surface area contributed by atoms with Crippen LogP contribution in [-0.4, -0.2) is 24.9 Å². The molecule has 1 aromatic carbocycles. The highest BCUT2D eigenvalue weighted by Gasteiger charge is 2.52. The lowest BCUT2D eigenvalue weighted by atomic mass is 9.88. The Morgan fingerprint density at radius 3 is 2.46 bits per heavy atom. The lowest BCUT2D eigenvalue weighted by Crippen LogP contribution is -2.23. The van der Waals surface area contributed by atoms with Gasteiger partial charge in [0.1, 0.15) is 0 Å². The average Bonchev–Trinajstić information content (AvgIpc) is 3.26. The van der Waals surface area contributed by atoms with E-state index in [1.165, 1.54) is 6.07 Å². The molecule has 0 radical (unpaired) electrons. The van der Waals surface area contributed by atoms with E-state index in [-0.39, 0.29) is 30.4 Å². The first-order valence-electron chi connectivity index (χ1n) is 8.60. The maximum Gasteiger partial charge on any atom is 0.391 e. The van der Waals surface area contributed by atoms with Crippen molar-refractivity contribution < 1.29 is 36.2 Å². The van der Waals surface area contributed by atoms with Gasteiger partial charge in [-0.15, -0.1) is 0 Å². The van der Waals surface area contributed by atoms with Gasteiger partial charge in [-0.25, -0.2) is 4.39 Å². The Hall–Kier alpha value is -1.86. The Balaban J connectivity index is 1.98. The molecule has 0 aromatic heterocycles. The first-order valence-corrected chi connectivity index (χ1v) is 8.60. The molecule has 3 nitrogen and oxygen atoms in total. The van der Waals surface area contributed by atoms with Crippen molar-refractivity contribution in [1.29, 1.82) is 0 Å². The van der Waals surface area contributed by atoms with Gasteiger partial charge in [-0.2, -0.15) is 17.6 Å². The molecule has 26 heavy (non-hydrogen) atoms. The normalized spacial score (nSPS) is 26.0. The lowest BCUT2D eigenvalue weighted by molar-refractivity contribution is -0.174. The third kappa shape index (κ3) is 3.78. The van der Waals surface area contributed by atoms with E-state index in [4.69, 9.17) is 9.47 Å². The van der Waals surface area contributed by atoms with Crippen LogP contribution in [0.15, 0.2) is 12.1 Å². The number of ether oxygens (including phenoxy) is 2. The van der Waals surface area contributed by atoms with E-state index in [0.717, 1.165) is 6.07 Å². The van der Waals surface area contributed by atoms with E-state index in [1.807, 2.05) is 0 Å². The lowest BCUT2D eigenvalue weighted by Gasteiger charge is -2.22. The number of carbonyl (C=O) groups excluding carboxylic acids is 1. The number of hydrogen-bond donors (Lipinski definition) is 0. The predicted molar refractivity (Wildman–Crippen MR) is 81.7 cm³/mol.